The van der Waals surface area contributed by atoms with Crippen LogP contribution in [0.4, 0.5) is 14.5 Å². The van der Waals surface area contributed by atoms with Gasteiger partial charge in [-0.25, -0.2) is 14.2 Å². The summed E-state index contributed by atoms with van der Waals surface area (Å²) in [5, 5.41) is 6.10. The number of carbonyl (C=O) groups is 2. The lowest BCUT2D eigenvalue weighted by Crippen LogP contribution is -2.21. The topological polar surface area (TPSA) is 83.5 Å². The van der Waals surface area contributed by atoms with Gasteiger partial charge >= 0.3 is 0 Å². The molecule has 0 unspecified atom stereocenters. The molecule has 0 fully saturated rings. The molecule has 2 N–H and O–H groups in total. The highest BCUT2D eigenvalue weighted by Crippen LogP contribution is 2.15. The number of hydrogen-bond acceptors (Lipinski definition) is 4. The van der Waals surface area contributed by atoms with Gasteiger partial charge in [0.15, 0.2) is 0 Å². The van der Waals surface area contributed by atoms with Crippen molar-refractivity contribution in [2.24, 2.45) is 5.10 Å². The maximum atomic E-state index is 13.4. The quantitative estimate of drug-likeness (QED) is 0.652. The van der Waals surface area contributed by atoms with E-state index in [2.05, 4.69) is 20.8 Å². The monoisotopic (exact) mass is 332 g/mol. The molecule has 2 amide bonds. The van der Waals surface area contributed by atoms with Gasteiger partial charge in [-0.15, -0.1) is 0 Å². The first kappa shape index (κ1) is 17.2. The van der Waals surface area contributed by atoms with E-state index in [1.54, 1.807) is 12.1 Å². The van der Waals surface area contributed by atoms with E-state index in [1.165, 1.54) is 19.3 Å². The number of nitrogens with one attached hydrogen (secondary N) is 2. The molecule has 24 heavy (non-hydrogen) atoms. The Kier molecular flexibility index (Phi) is 5.67. The second kappa shape index (κ2) is 7.91. The highest BCUT2D eigenvalue weighted by molar-refractivity contribution is 6.06. The zero-order valence-corrected chi connectivity index (χ0v) is 12.7. The Labute approximate surface area is 136 Å². The lowest BCUT2D eigenvalue weighted by molar-refractivity contribution is -0.115. The molecule has 2 rings (SSSR count). The van der Waals surface area contributed by atoms with Crippen molar-refractivity contribution < 1.29 is 18.4 Å². The van der Waals surface area contributed by atoms with Gasteiger partial charge in [0.2, 0.25) is 5.91 Å². The summed E-state index contributed by atoms with van der Waals surface area (Å²) in [6, 6.07) is 6.00. The molecule has 124 valence electrons. The van der Waals surface area contributed by atoms with Crippen LogP contribution in [0.5, 0.6) is 0 Å². The van der Waals surface area contributed by atoms with Crippen molar-refractivity contribution in [3.63, 3.8) is 0 Å². The number of halogens is 2. The Bertz CT molecular complexity index is 779. The number of hydrogen-bond donors (Lipinski definition) is 2. The summed E-state index contributed by atoms with van der Waals surface area (Å²) < 4.78 is 26.2. The third-order valence-electron chi connectivity index (χ3n) is 2.89. The number of rotatable bonds is 5. The predicted molar refractivity (Wildman–Crippen MR) is 84.4 cm³/mol. The fourth-order valence-electron chi connectivity index (χ4n) is 1.76. The number of amides is 2. The zero-order valence-electron chi connectivity index (χ0n) is 12.7. The number of pyridine rings is 1. The van der Waals surface area contributed by atoms with Crippen molar-refractivity contribution in [2.45, 2.75) is 13.3 Å². The fourth-order valence-corrected chi connectivity index (χ4v) is 1.76. The minimum absolute atomic E-state index is 0.131. The van der Waals surface area contributed by atoms with Crippen molar-refractivity contribution in [1.29, 1.82) is 0 Å². The van der Waals surface area contributed by atoms with Crippen LogP contribution >= 0.6 is 0 Å². The summed E-state index contributed by atoms with van der Waals surface area (Å²) in [7, 11) is 0. The van der Waals surface area contributed by atoms with Crippen molar-refractivity contribution in [3.8, 4) is 0 Å². The van der Waals surface area contributed by atoms with Crippen LogP contribution in [0.25, 0.3) is 0 Å². The van der Waals surface area contributed by atoms with E-state index < -0.39 is 23.4 Å². The summed E-state index contributed by atoms with van der Waals surface area (Å²) in [6.45, 7) is 1.53. The summed E-state index contributed by atoms with van der Waals surface area (Å²) in [5.74, 6) is -2.62. The SMILES string of the molecule is C/C(CC(=O)Nc1ccc(F)cc1F)=N\NC(=O)c1cccnc1. The number of aromatic nitrogens is 1. The highest BCUT2D eigenvalue weighted by atomic mass is 19.1. The molecule has 1 heterocycles. The molecule has 1 aromatic carbocycles. The Morgan fingerprint density at radius 2 is 2.04 bits per heavy atom. The normalized spacial score (nSPS) is 11.0. The molecule has 0 saturated heterocycles. The maximum absolute atomic E-state index is 13.4. The smallest absolute Gasteiger partial charge is 0.272 e. The third kappa shape index (κ3) is 4.94. The summed E-state index contributed by atoms with van der Waals surface area (Å²) in [5.41, 5.74) is 2.80. The number of nitrogens with zero attached hydrogens (tertiary/aromatic N) is 2. The number of hydrazone groups is 1. The van der Waals surface area contributed by atoms with Gasteiger partial charge < -0.3 is 5.32 Å². The summed E-state index contributed by atoms with van der Waals surface area (Å²) >= 11 is 0. The standard InChI is InChI=1S/C16H14F2N4O2/c1-10(21-22-16(24)11-3-2-6-19-9-11)7-15(23)20-14-5-4-12(17)8-13(14)18/h2-6,8-9H,7H2,1H3,(H,20,23)(H,22,24)/b21-10+. The van der Waals surface area contributed by atoms with Gasteiger partial charge in [0.25, 0.3) is 5.91 Å². The molecule has 6 nitrogen and oxygen atoms in total. The van der Waals surface area contributed by atoms with Crippen LogP contribution < -0.4 is 10.7 Å². The number of benzene rings is 1. The Morgan fingerprint density at radius 1 is 1.25 bits per heavy atom. The Morgan fingerprint density at radius 3 is 2.71 bits per heavy atom. The maximum Gasteiger partial charge on any atom is 0.272 e. The molecule has 0 aliphatic rings. The highest BCUT2D eigenvalue weighted by Gasteiger charge is 2.10. The van der Waals surface area contributed by atoms with Crippen LogP contribution in [0, 0.1) is 11.6 Å². The van der Waals surface area contributed by atoms with Crippen molar-refractivity contribution >= 4 is 23.2 Å². The van der Waals surface area contributed by atoms with Crippen LogP contribution in [-0.2, 0) is 4.79 Å². The molecule has 0 saturated carbocycles. The van der Waals surface area contributed by atoms with Crippen LogP contribution in [0.15, 0.2) is 47.8 Å². The van der Waals surface area contributed by atoms with E-state index in [4.69, 9.17) is 0 Å². The van der Waals surface area contributed by atoms with Gasteiger partial charge in [0.05, 0.1) is 17.7 Å². The van der Waals surface area contributed by atoms with Gasteiger partial charge in [0.1, 0.15) is 11.6 Å². The zero-order chi connectivity index (χ0) is 17.5. The molecule has 0 atom stereocenters. The Hall–Kier alpha value is -3.16. The number of carbonyl (C=O) groups excluding carboxylic acids is 2. The molecule has 0 radical (unpaired) electrons. The van der Waals surface area contributed by atoms with Gasteiger partial charge in [-0.05, 0) is 31.2 Å². The van der Waals surface area contributed by atoms with E-state index in [0.717, 1.165) is 12.1 Å². The van der Waals surface area contributed by atoms with Gasteiger partial charge in [0, 0.05) is 24.2 Å². The van der Waals surface area contributed by atoms with Crippen molar-refractivity contribution in [3.05, 3.63) is 59.9 Å². The van der Waals surface area contributed by atoms with Gasteiger partial charge in [-0.2, -0.15) is 5.10 Å². The molecule has 0 aliphatic heterocycles. The lowest BCUT2D eigenvalue weighted by atomic mass is 10.2. The first-order valence-electron chi connectivity index (χ1n) is 6.94. The molecular formula is C16H14F2N4O2. The second-order valence-electron chi connectivity index (χ2n) is 4.88. The van der Waals surface area contributed by atoms with Crippen molar-refractivity contribution in [2.75, 3.05) is 5.32 Å². The van der Waals surface area contributed by atoms with Crippen LogP contribution in [0.3, 0.4) is 0 Å². The summed E-state index contributed by atoms with van der Waals surface area (Å²) in [6.07, 6.45) is 2.75. The molecular weight excluding hydrogens is 318 g/mol. The molecule has 1 aromatic heterocycles. The predicted octanol–water partition coefficient (Wildman–Crippen LogP) is 2.49. The Balaban J connectivity index is 1.90. The summed E-state index contributed by atoms with van der Waals surface area (Å²) in [4.78, 5) is 27.4. The van der Waals surface area contributed by atoms with Gasteiger partial charge in [-0.1, -0.05) is 0 Å². The molecule has 8 heteroatoms. The largest absolute Gasteiger partial charge is 0.323 e. The minimum atomic E-state index is -0.872. The third-order valence-corrected chi connectivity index (χ3v) is 2.89. The van der Waals surface area contributed by atoms with E-state index in [0.29, 0.717) is 17.3 Å². The average Bonchev–Trinajstić information content (AvgIpc) is 2.56. The van der Waals surface area contributed by atoms with Crippen LogP contribution in [0.2, 0.25) is 0 Å². The first-order valence-corrected chi connectivity index (χ1v) is 6.94. The first-order chi connectivity index (χ1) is 11.5. The van der Waals surface area contributed by atoms with E-state index in [-0.39, 0.29) is 12.1 Å². The van der Waals surface area contributed by atoms with E-state index in [1.807, 2.05) is 0 Å². The average molecular weight is 332 g/mol. The molecule has 0 spiro atoms. The molecule has 0 aliphatic carbocycles. The minimum Gasteiger partial charge on any atom is -0.323 e. The van der Waals surface area contributed by atoms with E-state index >= 15 is 0 Å². The lowest BCUT2D eigenvalue weighted by Gasteiger charge is -2.06. The molecule has 0 bridgehead atoms. The van der Waals surface area contributed by atoms with E-state index in [9.17, 15) is 18.4 Å². The fraction of sp³-hybridized carbons (Fsp3) is 0.125. The second-order valence-corrected chi connectivity index (χ2v) is 4.88. The van der Waals surface area contributed by atoms with Crippen LogP contribution in [-0.4, -0.2) is 22.5 Å². The van der Waals surface area contributed by atoms with Crippen molar-refractivity contribution in [1.82, 2.24) is 10.4 Å². The molecule has 2 aromatic rings. The van der Waals surface area contributed by atoms with Gasteiger partial charge in [-0.3, -0.25) is 14.6 Å². The van der Waals surface area contributed by atoms with Crippen LogP contribution in [0.1, 0.15) is 23.7 Å². The number of anilines is 1.